The van der Waals surface area contributed by atoms with Crippen molar-refractivity contribution in [3.05, 3.63) is 16.4 Å². The number of aliphatic hydroxyl groups is 1. The van der Waals surface area contributed by atoms with Crippen molar-refractivity contribution in [2.24, 2.45) is 7.05 Å². The van der Waals surface area contributed by atoms with Gasteiger partial charge in [-0.05, 0) is 26.8 Å². The molecule has 1 atom stereocenters. The van der Waals surface area contributed by atoms with Gasteiger partial charge in [-0.2, -0.15) is 5.10 Å². The van der Waals surface area contributed by atoms with Gasteiger partial charge in [-0.1, -0.05) is 25.4 Å². The van der Waals surface area contributed by atoms with Gasteiger partial charge >= 0.3 is 0 Å². The molecule has 1 rings (SSSR count). The fourth-order valence-corrected chi connectivity index (χ4v) is 2.18. The molecule has 0 radical (unpaired) electrons. The molecule has 0 saturated carbocycles. The minimum atomic E-state index is -0.772. The summed E-state index contributed by atoms with van der Waals surface area (Å²) in [4.78, 5) is 0. The number of aryl methyl sites for hydroxylation is 2. The highest BCUT2D eigenvalue weighted by Gasteiger charge is 2.25. The van der Waals surface area contributed by atoms with Gasteiger partial charge in [0, 0.05) is 19.5 Å². The fraction of sp³-hybridized carbons (Fsp3) is 0.769. The zero-order chi connectivity index (χ0) is 13.9. The second-order valence-electron chi connectivity index (χ2n) is 5.50. The minimum Gasteiger partial charge on any atom is -0.390 e. The van der Waals surface area contributed by atoms with Gasteiger partial charge in [0.1, 0.15) is 0 Å². The molecule has 2 N–H and O–H groups in total. The van der Waals surface area contributed by atoms with E-state index in [4.69, 9.17) is 11.6 Å². The molecule has 18 heavy (non-hydrogen) atoms. The molecule has 1 aromatic rings. The molecule has 0 aliphatic carbocycles. The highest BCUT2D eigenvalue weighted by atomic mass is 35.5. The molecule has 0 aliphatic rings. The van der Waals surface area contributed by atoms with Crippen LogP contribution in [0.5, 0.6) is 0 Å². The van der Waals surface area contributed by atoms with E-state index in [1.807, 2.05) is 20.9 Å². The molecule has 1 heterocycles. The lowest BCUT2D eigenvalue weighted by atomic mass is 9.96. The summed E-state index contributed by atoms with van der Waals surface area (Å²) in [6.07, 6.45) is 1.20. The molecule has 0 fully saturated rings. The molecule has 0 bridgehead atoms. The van der Waals surface area contributed by atoms with E-state index in [-0.39, 0.29) is 0 Å². The maximum atomic E-state index is 10.4. The third kappa shape index (κ3) is 4.26. The van der Waals surface area contributed by atoms with Crippen molar-refractivity contribution in [3.8, 4) is 0 Å². The fourth-order valence-electron chi connectivity index (χ4n) is 1.95. The van der Waals surface area contributed by atoms with E-state index in [9.17, 15) is 5.11 Å². The third-order valence-electron chi connectivity index (χ3n) is 3.03. The monoisotopic (exact) mass is 273 g/mol. The van der Waals surface area contributed by atoms with Crippen LogP contribution in [-0.4, -0.2) is 33.1 Å². The third-order valence-corrected chi connectivity index (χ3v) is 3.52. The number of nitrogens with one attached hydrogen (secondary N) is 1. The van der Waals surface area contributed by atoms with Gasteiger partial charge < -0.3 is 10.4 Å². The summed E-state index contributed by atoms with van der Waals surface area (Å²) in [5, 5.41) is 18.6. The predicted octanol–water partition coefficient (Wildman–Crippen LogP) is 2.06. The van der Waals surface area contributed by atoms with Gasteiger partial charge in [0.25, 0.3) is 0 Å². The first-order chi connectivity index (χ1) is 8.23. The molecule has 0 spiro atoms. The van der Waals surface area contributed by atoms with Crippen LogP contribution < -0.4 is 5.32 Å². The molecule has 1 aromatic heterocycles. The lowest BCUT2D eigenvalue weighted by Gasteiger charge is -2.24. The van der Waals surface area contributed by atoms with E-state index < -0.39 is 5.60 Å². The standard InChI is InChI=1S/C13H24ClN3O/c1-9(2)15-7-6-13(4,18)8-11-12(14)10(3)16-17(11)5/h9,15,18H,6-8H2,1-5H3. The lowest BCUT2D eigenvalue weighted by molar-refractivity contribution is 0.0492. The number of halogens is 1. The lowest BCUT2D eigenvalue weighted by Crippen LogP contribution is -2.35. The van der Waals surface area contributed by atoms with Crippen LogP contribution in [0.2, 0.25) is 5.02 Å². The minimum absolute atomic E-state index is 0.434. The van der Waals surface area contributed by atoms with Crippen LogP contribution in [0.4, 0.5) is 0 Å². The predicted molar refractivity (Wildman–Crippen MR) is 75.0 cm³/mol. The largest absolute Gasteiger partial charge is 0.390 e. The van der Waals surface area contributed by atoms with Crippen LogP contribution in [0.15, 0.2) is 0 Å². The first-order valence-electron chi connectivity index (χ1n) is 6.36. The Morgan fingerprint density at radius 3 is 2.56 bits per heavy atom. The van der Waals surface area contributed by atoms with Gasteiger partial charge in [0.15, 0.2) is 0 Å². The molecule has 4 nitrogen and oxygen atoms in total. The van der Waals surface area contributed by atoms with Gasteiger partial charge in [-0.25, -0.2) is 0 Å². The first kappa shape index (κ1) is 15.5. The molecule has 0 amide bonds. The van der Waals surface area contributed by atoms with Gasteiger partial charge in [0.2, 0.25) is 0 Å². The summed E-state index contributed by atoms with van der Waals surface area (Å²) in [5.41, 5.74) is 0.931. The van der Waals surface area contributed by atoms with Crippen LogP contribution in [0, 0.1) is 6.92 Å². The molecule has 0 saturated heterocycles. The van der Waals surface area contributed by atoms with Crippen molar-refractivity contribution in [3.63, 3.8) is 0 Å². The molecule has 0 aliphatic heterocycles. The average molecular weight is 274 g/mol. The van der Waals surface area contributed by atoms with Crippen molar-refractivity contribution in [2.45, 2.75) is 52.2 Å². The van der Waals surface area contributed by atoms with Gasteiger partial charge in [-0.3, -0.25) is 4.68 Å². The van der Waals surface area contributed by atoms with Crippen molar-refractivity contribution in [1.29, 1.82) is 0 Å². The van der Waals surface area contributed by atoms with E-state index in [1.54, 1.807) is 4.68 Å². The Bertz CT molecular complexity index is 399. The summed E-state index contributed by atoms with van der Waals surface area (Å²) in [7, 11) is 1.86. The maximum absolute atomic E-state index is 10.4. The highest BCUT2D eigenvalue weighted by molar-refractivity contribution is 6.31. The van der Waals surface area contributed by atoms with Crippen LogP contribution in [-0.2, 0) is 13.5 Å². The van der Waals surface area contributed by atoms with Gasteiger partial charge in [0.05, 0.1) is 22.0 Å². The summed E-state index contributed by atoms with van der Waals surface area (Å²) in [6.45, 7) is 8.69. The Morgan fingerprint density at radius 1 is 1.50 bits per heavy atom. The number of nitrogens with zero attached hydrogens (tertiary/aromatic N) is 2. The Balaban J connectivity index is 2.64. The van der Waals surface area contributed by atoms with Crippen LogP contribution in [0.1, 0.15) is 38.6 Å². The number of hydrogen-bond acceptors (Lipinski definition) is 3. The maximum Gasteiger partial charge on any atom is 0.0848 e. The molecule has 5 heteroatoms. The first-order valence-corrected chi connectivity index (χ1v) is 6.74. The van der Waals surface area contributed by atoms with E-state index in [1.165, 1.54) is 0 Å². The Morgan fingerprint density at radius 2 is 2.11 bits per heavy atom. The van der Waals surface area contributed by atoms with Crippen LogP contribution in [0.25, 0.3) is 0 Å². The molecular weight excluding hydrogens is 250 g/mol. The summed E-state index contributed by atoms with van der Waals surface area (Å²) in [5.74, 6) is 0. The molecule has 1 unspecified atom stereocenters. The molecule has 104 valence electrons. The summed E-state index contributed by atoms with van der Waals surface area (Å²) < 4.78 is 1.75. The quantitative estimate of drug-likeness (QED) is 0.834. The topological polar surface area (TPSA) is 50.1 Å². The van der Waals surface area contributed by atoms with Crippen LogP contribution in [0.3, 0.4) is 0 Å². The smallest absolute Gasteiger partial charge is 0.0848 e. The Hall–Kier alpha value is -0.580. The average Bonchev–Trinajstić information content (AvgIpc) is 2.44. The van der Waals surface area contributed by atoms with Crippen LogP contribution >= 0.6 is 11.6 Å². The van der Waals surface area contributed by atoms with Crippen molar-refractivity contribution in [2.75, 3.05) is 6.54 Å². The second-order valence-corrected chi connectivity index (χ2v) is 5.88. The van der Waals surface area contributed by atoms with Crippen molar-refractivity contribution < 1.29 is 5.11 Å². The van der Waals surface area contributed by atoms with Gasteiger partial charge in [-0.15, -0.1) is 0 Å². The number of hydrogen-bond donors (Lipinski definition) is 2. The number of rotatable bonds is 6. The number of aromatic nitrogens is 2. The Labute approximate surface area is 114 Å². The van der Waals surface area contributed by atoms with Crippen molar-refractivity contribution in [1.82, 2.24) is 15.1 Å². The van der Waals surface area contributed by atoms with E-state index in [0.717, 1.165) is 17.9 Å². The molecular formula is C13H24ClN3O. The van der Waals surface area contributed by atoms with Crippen molar-refractivity contribution >= 4 is 11.6 Å². The summed E-state index contributed by atoms with van der Waals surface area (Å²) in [6, 6.07) is 0.434. The second kappa shape index (κ2) is 6.04. The molecule has 0 aromatic carbocycles. The zero-order valence-corrected chi connectivity index (χ0v) is 12.7. The Kier molecular flexibility index (Phi) is 5.20. The summed E-state index contributed by atoms with van der Waals surface area (Å²) >= 11 is 6.19. The van der Waals surface area contributed by atoms with E-state index in [2.05, 4.69) is 24.3 Å². The highest BCUT2D eigenvalue weighted by Crippen LogP contribution is 2.25. The SMILES string of the molecule is Cc1nn(C)c(CC(C)(O)CCNC(C)C)c1Cl. The normalized spacial score (nSPS) is 15.1. The van der Waals surface area contributed by atoms with E-state index >= 15 is 0 Å². The zero-order valence-electron chi connectivity index (χ0n) is 11.9. The van der Waals surface area contributed by atoms with E-state index in [0.29, 0.717) is 23.9 Å².